The van der Waals surface area contributed by atoms with Gasteiger partial charge >= 0.3 is 5.97 Å². The maximum Gasteiger partial charge on any atom is 0.311 e. The second-order valence-corrected chi connectivity index (χ2v) is 7.26. The zero-order valence-electron chi connectivity index (χ0n) is 14.0. The molecular formula is C19H14Cl3NO4. The van der Waals surface area contributed by atoms with Crippen molar-refractivity contribution >= 4 is 58.1 Å². The molecule has 1 aliphatic rings. The molecular weight excluding hydrogens is 413 g/mol. The summed E-state index contributed by atoms with van der Waals surface area (Å²) in [5.41, 5.74) is 0.762. The van der Waals surface area contributed by atoms with Gasteiger partial charge in [0.05, 0.1) is 21.7 Å². The van der Waals surface area contributed by atoms with Gasteiger partial charge in [0.15, 0.2) is 6.61 Å². The van der Waals surface area contributed by atoms with E-state index in [4.69, 9.17) is 39.5 Å². The Labute approximate surface area is 170 Å². The van der Waals surface area contributed by atoms with Crippen molar-refractivity contribution < 1.29 is 19.1 Å². The molecule has 1 saturated heterocycles. The summed E-state index contributed by atoms with van der Waals surface area (Å²) in [7, 11) is 0. The molecule has 1 amide bonds. The molecule has 0 bridgehead atoms. The van der Waals surface area contributed by atoms with Crippen LogP contribution in [0.4, 0.5) is 5.69 Å². The first-order chi connectivity index (χ1) is 12.9. The van der Waals surface area contributed by atoms with Gasteiger partial charge in [0, 0.05) is 23.6 Å². The quantitative estimate of drug-likeness (QED) is 0.524. The van der Waals surface area contributed by atoms with E-state index in [-0.39, 0.29) is 29.5 Å². The van der Waals surface area contributed by atoms with Gasteiger partial charge in [-0.1, -0.05) is 46.9 Å². The van der Waals surface area contributed by atoms with E-state index < -0.39 is 24.3 Å². The minimum Gasteiger partial charge on any atom is -0.457 e. The third kappa shape index (κ3) is 4.43. The molecule has 1 aliphatic heterocycles. The third-order valence-corrected chi connectivity index (χ3v) is 5.05. The molecule has 0 aromatic heterocycles. The van der Waals surface area contributed by atoms with Gasteiger partial charge in [0.1, 0.15) is 0 Å². The number of benzene rings is 2. The molecule has 0 aliphatic carbocycles. The van der Waals surface area contributed by atoms with Crippen LogP contribution < -0.4 is 4.90 Å². The largest absolute Gasteiger partial charge is 0.457 e. The number of esters is 1. The van der Waals surface area contributed by atoms with Crippen molar-refractivity contribution in [2.24, 2.45) is 5.92 Å². The fourth-order valence-electron chi connectivity index (χ4n) is 2.82. The van der Waals surface area contributed by atoms with Gasteiger partial charge in [-0.25, -0.2) is 0 Å². The van der Waals surface area contributed by atoms with E-state index in [9.17, 15) is 14.4 Å². The Hall–Kier alpha value is -2.08. The lowest BCUT2D eigenvalue weighted by atomic mass is 10.1. The number of carbonyl (C=O) groups excluding carboxylic acids is 3. The number of hydrogen-bond acceptors (Lipinski definition) is 4. The number of ketones is 1. The van der Waals surface area contributed by atoms with Gasteiger partial charge in [-0.15, -0.1) is 0 Å². The number of Topliss-reactive ketones (excluding diaryl/α,β-unsaturated/α-hetero) is 1. The molecule has 1 atom stereocenters. The Kier molecular flexibility index (Phi) is 6.05. The molecule has 2 aromatic rings. The maximum absolute atomic E-state index is 12.3. The summed E-state index contributed by atoms with van der Waals surface area (Å²) < 4.78 is 5.10. The molecule has 3 rings (SSSR count). The zero-order valence-corrected chi connectivity index (χ0v) is 16.2. The van der Waals surface area contributed by atoms with E-state index >= 15 is 0 Å². The zero-order chi connectivity index (χ0) is 19.6. The Morgan fingerprint density at radius 2 is 1.81 bits per heavy atom. The first kappa shape index (κ1) is 19.7. The summed E-state index contributed by atoms with van der Waals surface area (Å²) in [6.45, 7) is -0.311. The van der Waals surface area contributed by atoms with E-state index in [0.29, 0.717) is 15.7 Å². The van der Waals surface area contributed by atoms with Gasteiger partial charge in [0.2, 0.25) is 11.7 Å². The predicted molar refractivity (Wildman–Crippen MR) is 104 cm³/mol. The monoisotopic (exact) mass is 425 g/mol. The molecule has 1 heterocycles. The fourth-order valence-corrected chi connectivity index (χ4v) is 3.57. The molecule has 5 nitrogen and oxygen atoms in total. The molecule has 8 heteroatoms. The number of carbonyl (C=O) groups is 3. The third-order valence-electron chi connectivity index (χ3n) is 4.18. The number of halogens is 3. The number of rotatable bonds is 5. The van der Waals surface area contributed by atoms with Crippen molar-refractivity contribution in [3.8, 4) is 0 Å². The smallest absolute Gasteiger partial charge is 0.311 e. The molecule has 2 aromatic carbocycles. The highest BCUT2D eigenvalue weighted by Crippen LogP contribution is 2.31. The summed E-state index contributed by atoms with van der Waals surface area (Å²) in [6.07, 6.45) is -0.0000515. The summed E-state index contributed by atoms with van der Waals surface area (Å²) in [6, 6.07) is 11.3. The van der Waals surface area contributed by atoms with Crippen LogP contribution in [0.2, 0.25) is 15.1 Å². The molecule has 0 unspecified atom stereocenters. The normalized spacial score (nSPS) is 16.5. The molecule has 140 valence electrons. The average Bonchev–Trinajstić information content (AvgIpc) is 3.01. The molecule has 0 spiro atoms. The number of ether oxygens (including phenoxy) is 1. The van der Waals surface area contributed by atoms with Crippen LogP contribution in [0.15, 0.2) is 42.5 Å². The second-order valence-electron chi connectivity index (χ2n) is 6.01. The standard InChI is InChI=1S/C19H14Cl3NO4/c20-12-5-6-13(15(22)8-12)17(24)10-27-19(26)11-7-18(25)23(9-11)16-4-2-1-3-14(16)21/h1-6,8,11H,7,9-10H2/t11-/m1/s1. The van der Waals surface area contributed by atoms with Crippen LogP contribution in [0.1, 0.15) is 16.8 Å². The van der Waals surface area contributed by atoms with Gasteiger partial charge in [-0.05, 0) is 30.3 Å². The molecule has 0 radical (unpaired) electrons. The number of hydrogen-bond donors (Lipinski definition) is 0. The average molecular weight is 427 g/mol. The van der Waals surface area contributed by atoms with Crippen molar-refractivity contribution in [2.75, 3.05) is 18.1 Å². The van der Waals surface area contributed by atoms with Crippen LogP contribution in [-0.4, -0.2) is 30.8 Å². The Morgan fingerprint density at radius 3 is 2.52 bits per heavy atom. The van der Waals surface area contributed by atoms with Gasteiger partial charge < -0.3 is 9.64 Å². The highest BCUT2D eigenvalue weighted by Gasteiger charge is 2.37. The predicted octanol–water partition coefficient (Wildman–Crippen LogP) is 4.43. The van der Waals surface area contributed by atoms with Crippen LogP contribution >= 0.6 is 34.8 Å². The topological polar surface area (TPSA) is 63.7 Å². The SMILES string of the molecule is O=C(COC(=O)[C@@H]1CC(=O)N(c2ccccc2Cl)C1)c1ccc(Cl)cc1Cl. The Bertz CT molecular complexity index is 916. The minimum absolute atomic E-state index is 0.0000515. The first-order valence-electron chi connectivity index (χ1n) is 8.06. The van der Waals surface area contributed by atoms with Crippen LogP contribution in [0.3, 0.4) is 0 Å². The van der Waals surface area contributed by atoms with Crippen molar-refractivity contribution in [1.82, 2.24) is 0 Å². The number of amides is 1. The van der Waals surface area contributed by atoms with E-state index in [0.717, 1.165) is 0 Å². The first-order valence-corrected chi connectivity index (χ1v) is 9.20. The van der Waals surface area contributed by atoms with Crippen molar-refractivity contribution in [2.45, 2.75) is 6.42 Å². The van der Waals surface area contributed by atoms with Gasteiger partial charge in [-0.2, -0.15) is 0 Å². The summed E-state index contributed by atoms with van der Waals surface area (Å²) in [4.78, 5) is 38.2. The van der Waals surface area contributed by atoms with Crippen molar-refractivity contribution in [1.29, 1.82) is 0 Å². The number of nitrogens with zero attached hydrogens (tertiary/aromatic N) is 1. The van der Waals surface area contributed by atoms with E-state index in [1.165, 1.54) is 23.1 Å². The van der Waals surface area contributed by atoms with Crippen molar-refractivity contribution in [3.05, 3.63) is 63.1 Å². The second kappa shape index (κ2) is 8.30. The summed E-state index contributed by atoms with van der Waals surface area (Å²) in [5.74, 6) is -1.95. The van der Waals surface area contributed by atoms with Crippen LogP contribution in [-0.2, 0) is 14.3 Å². The molecule has 27 heavy (non-hydrogen) atoms. The number of para-hydroxylation sites is 1. The highest BCUT2D eigenvalue weighted by molar-refractivity contribution is 6.37. The number of anilines is 1. The van der Waals surface area contributed by atoms with Gasteiger partial charge in [-0.3, -0.25) is 14.4 Å². The van der Waals surface area contributed by atoms with Crippen LogP contribution in [0, 0.1) is 5.92 Å². The summed E-state index contributed by atoms with van der Waals surface area (Å²) in [5, 5.41) is 1.01. The van der Waals surface area contributed by atoms with E-state index in [2.05, 4.69) is 0 Å². The summed E-state index contributed by atoms with van der Waals surface area (Å²) >= 11 is 17.9. The molecule has 1 fully saturated rings. The Balaban J connectivity index is 1.61. The van der Waals surface area contributed by atoms with E-state index in [1.807, 2.05) is 0 Å². The Morgan fingerprint density at radius 1 is 1.07 bits per heavy atom. The highest BCUT2D eigenvalue weighted by atomic mass is 35.5. The minimum atomic E-state index is -0.665. The van der Waals surface area contributed by atoms with Crippen LogP contribution in [0.5, 0.6) is 0 Å². The lowest BCUT2D eigenvalue weighted by molar-refractivity contribution is -0.147. The van der Waals surface area contributed by atoms with E-state index in [1.54, 1.807) is 24.3 Å². The van der Waals surface area contributed by atoms with Crippen molar-refractivity contribution in [3.63, 3.8) is 0 Å². The lowest BCUT2D eigenvalue weighted by Crippen LogP contribution is -2.27. The fraction of sp³-hybridized carbons (Fsp3) is 0.211. The van der Waals surface area contributed by atoms with Gasteiger partial charge in [0.25, 0.3) is 0 Å². The maximum atomic E-state index is 12.3. The van der Waals surface area contributed by atoms with Crippen LogP contribution in [0.25, 0.3) is 0 Å². The molecule has 0 saturated carbocycles. The molecule has 0 N–H and O–H groups in total. The lowest BCUT2D eigenvalue weighted by Gasteiger charge is -2.17.